The summed E-state index contributed by atoms with van der Waals surface area (Å²) in [4.78, 5) is 12.3. The van der Waals surface area contributed by atoms with Gasteiger partial charge in [-0.1, -0.05) is 32.3 Å². The lowest BCUT2D eigenvalue weighted by molar-refractivity contribution is 0.0734. The van der Waals surface area contributed by atoms with Crippen molar-refractivity contribution in [1.82, 2.24) is 0 Å². The summed E-state index contributed by atoms with van der Waals surface area (Å²) in [6, 6.07) is 11.0. The number of benzene rings is 2. The van der Waals surface area contributed by atoms with Gasteiger partial charge in [0.05, 0.1) is 16.6 Å². The van der Waals surface area contributed by atoms with Crippen LogP contribution in [0.2, 0.25) is 0 Å². The van der Waals surface area contributed by atoms with Crippen molar-refractivity contribution in [3.63, 3.8) is 0 Å². The molecular formula is C21H25BrO3. The average Bonchev–Trinajstić information content (AvgIpc) is 2.55. The first-order valence-electron chi connectivity index (χ1n) is 8.72. The minimum Gasteiger partial charge on any atom is -0.492 e. The van der Waals surface area contributed by atoms with Gasteiger partial charge in [0.1, 0.15) is 11.5 Å². The molecule has 2 aromatic carbocycles. The number of aryl methyl sites for hydroxylation is 2. The number of unbranched alkanes of at least 4 members (excludes halogenated alkanes) is 3. The molecule has 2 rings (SSSR count). The van der Waals surface area contributed by atoms with Crippen LogP contribution in [-0.4, -0.2) is 12.6 Å². The molecule has 0 aliphatic rings. The Hall–Kier alpha value is -1.81. The predicted molar refractivity (Wildman–Crippen MR) is 105 cm³/mol. The van der Waals surface area contributed by atoms with Crippen LogP contribution in [0.5, 0.6) is 11.5 Å². The van der Waals surface area contributed by atoms with Crippen LogP contribution in [0, 0.1) is 13.8 Å². The number of halogens is 1. The number of hydrogen-bond donors (Lipinski definition) is 0. The minimum absolute atomic E-state index is 0.375. The van der Waals surface area contributed by atoms with Crippen molar-refractivity contribution >= 4 is 21.9 Å². The first kappa shape index (κ1) is 19.5. The third-order valence-corrected chi connectivity index (χ3v) is 4.45. The van der Waals surface area contributed by atoms with Crippen LogP contribution in [0.15, 0.2) is 40.9 Å². The van der Waals surface area contributed by atoms with Gasteiger partial charge in [0, 0.05) is 0 Å². The molecule has 134 valence electrons. The lowest BCUT2D eigenvalue weighted by atomic mass is 10.1. The van der Waals surface area contributed by atoms with Gasteiger partial charge < -0.3 is 9.47 Å². The first-order chi connectivity index (χ1) is 12.0. The molecule has 25 heavy (non-hydrogen) atoms. The zero-order valence-electron chi connectivity index (χ0n) is 15.1. The third kappa shape index (κ3) is 6.20. The Morgan fingerprint density at radius 1 is 1.00 bits per heavy atom. The average molecular weight is 405 g/mol. The van der Waals surface area contributed by atoms with E-state index in [1.165, 1.54) is 19.3 Å². The molecule has 0 unspecified atom stereocenters. The number of esters is 1. The van der Waals surface area contributed by atoms with E-state index in [9.17, 15) is 4.79 Å². The summed E-state index contributed by atoms with van der Waals surface area (Å²) >= 11 is 3.47. The molecule has 0 saturated heterocycles. The van der Waals surface area contributed by atoms with Crippen LogP contribution in [0.25, 0.3) is 0 Å². The predicted octanol–water partition coefficient (Wildman–Crippen LogP) is 6.24. The fourth-order valence-electron chi connectivity index (χ4n) is 2.61. The molecule has 0 saturated carbocycles. The summed E-state index contributed by atoms with van der Waals surface area (Å²) in [6.07, 6.45) is 4.65. The van der Waals surface area contributed by atoms with E-state index in [1.54, 1.807) is 12.1 Å². The van der Waals surface area contributed by atoms with E-state index in [2.05, 4.69) is 22.9 Å². The zero-order chi connectivity index (χ0) is 18.2. The van der Waals surface area contributed by atoms with Gasteiger partial charge in [0.15, 0.2) is 0 Å². The lowest BCUT2D eigenvalue weighted by Gasteiger charge is -2.10. The van der Waals surface area contributed by atoms with Crippen molar-refractivity contribution in [3.8, 4) is 11.5 Å². The molecule has 0 aliphatic heterocycles. The van der Waals surface area contributed by atoms with Crippen molar-refractivity contribution < 1.29 is 14.3 Å². The molecule has 0 heterocycles. The maximum Gasteiger partial charge on any atom is 0.343 e. The maximum absolute atomic E-state index is 12.3. The van der Waals surface area contributed by atoms with Crippen LogP contribution in [0.4, 0.5) is 0 Å². The molecule has 0 aliphatic carbocycles. The largest absolute Gasteiger partial charge is 0.492 e. The molecule has 0 N–H and O–H groups in total. The number of rotatable bonds is 8. The van der Waals surface area contributed by atoms with Crippen molar-refractivity contribution in [2.24, 2.45) is 0 Å². The molecule has 4 heteroatoms. The molecule has 0 bridgehead atoms. The summed E-state index contributed by atoms with van der Waals surface area (Å²) < 4.78 is 12.0. The van der Waals surface area contributed by atoms with E-state index in [-0.39, 0.29) is 5.97 Å². The monoisotopic (exact) mass is 404 g/mol. The van der Waals surface area contributed by atoms with Crippen LogP contribution in [0.3, 0.4) is 0 Å². The van der Waals surface area contributed by atoms with Gasteiger partial charge in [-0.05, 0) is 77.7 Å². The van der Waals surface area contributed by atoms with Crippen LogP contribution in [0.1, 0.15) is 54.1 Å². The number of hydrogen-bond acceptors (Lipinski definition) is 3. The van der Waals surface area contributed by atoms with Gasteiger partial charge in [0.25, 0.3) is 0 Å². The number of carbonyl (C=O) groups excluding carboxylic acids is 1. The van der Waals surface area contributed by atoms with E-state index in [4.69, 9.17) is 9.47 Å². The fourth-order valence-corrected chi connectivity index (χ4v) is 3.11. The van der Waals surface area contributed by atoms with Crippen molar-refractivity contribution in [2.75, 3.05) is 6.61 Å². The molecule has 0 radical (unpaired) electrons. The first-order valence-corrected chi connectivity index (χ1v) is 9.51. The van der Waals surface area contributed by atoms with Gasteiger partial charge in [-0.15, -0.1) is 0 Å². The molecule has 2 aromatic rings. The Balaban J connectivity index is 1.97. The van der Waals surface area contributed by atoms with Crippen LogP contribution < -0.4 is 9.47 Å². The lowest BCUT2D eigenvalue weighted by Crippen LogP contribution is -2.09. The summed E-state index contributed by atoms with van der Waals surface area (Å²) in [5, 5.41) is 0. The second-order valence-electron chi connectivity index (χ2n) is 6.27. The molecule has 0 spiro atoms. The van der Waals surface area contributed by atoms with Gasteiger partial charge in [-0.3, -0.25) is 0 Å². The molecule has 0 amide bonds. The normalized spacial score (nSPS) is 10.6. The maximum atomic E-state index is 12.3. The molecule has 0 atom stereocenters. The Bertz CT molecular complexity index is 705. The van der Waals surface area contributed by atoms with Gasteiger partial charge in [0.2, 0.25) is 0 Å². The van der Waals surface area contributed by atoms with E-state index in [1.807, 2.05) is 38.1 Å². The standard InChI is InChI=1S/C21H25BrO3/c1-4-5-6-7-10-24-20-9-8-17(14-19(20)22)21(23)25-18-12-15(2)11-16(3)13-18/h8-9,11-14H,4-7,10H2,1-3H3. The van der Waals surface area contributed by atoms with E-state index in [0.717, 1.165) is 27.8 Å². The summed E-state index contributed by atoms with van der Waals surface area (Å²) in [6.45, 7) is 6.83. The minimum atomic E-state index is -0.375. The highest BCUT2D eigenvalue weighted by atomic mass is 79.9. The smallest absolute Gasteiger partial charge is 0.343 e. The Labute approximate surface area is 158 Å². The second kappa shape index (κ2) is 9.62. The molecule has 3 nitrogen and oxygen atoms in total. The van der Waals surface area contributed by atoms with Crippen LogP contribution >= 0.6 is 15.9 Å². The fraction of sp³-hybridized carbons (Fsp3) is 0.381. The Kier molecular flexibility index (Phi) is 7.51. The highest BCUT2D eigenvalue weighted by Crippen LogP contribution is 2.27. The Morgan fingerprint density at radius 3 is 2.36 bits per heavy atom. The van der Waals surface area contributed by atoms with E-state index < -0.39 is 0 Å². The number of carbonyl (C=O) groups is 1. The SMILES string of the molecule is CCCCCCOc1ccc(C(=O)Oc2cc(C)cc(C)c2)cc1Br. The van der Waals surface area contributed by atoms with E-state index >= 15 is 0 Å². The summed E-state index contributed by atoms with van der Waals surface area (Å²) in [5.41, 5.74) is 2.62. The number of ether oxygens (including phenoxy) is 2. The Morgan fingerprint density at radius 2 is 1.72 bits per heavy atom. The molecule has 0 fully saturated rings. The quantitative estimate of drug-likeness (QED) is 0.296. The second-order valence-corrected chi connectivity index (χ2v) is 7.12. The highest BCUT2D eigenvalue weighted by molar-refractivity contribution is 9.10. The zero-order valence-corrected chi connectivity index (χ0v) is 16.7. The van der Waals surface area contributed by atoms with Gasteiger partial charge >= 0.3 is 5.97 Å². The van der Waals surface area contributed by atoms with Crippen molar-refractivity contribution in [2.45, 2.75) is 46.5 Å². The van der Waals surface area contributed by atoms with E-state index in [0.29, 0.717) is 17.9 Å². The molecular weight excluding hydrogens is 380 g/mol. The van der Waals surface area contributed by atoms with Gasteiger partial charge in [-0.25, -0.2) is 4.79 Å². The van der Waals surface area contributed by atoms with Gasteiger partial charge in [-0.2, -0.15) is 0 Å². The van der Waals surface area contributed by atoms with Crippen molar-refractivity contribution in [3.05, 3.63) is 57.6 Å². The third-order valence-electron chi connectivity index (χ3n) is 3.83. The summed E-state index contributed by atoms with van der Waals surface area (Å²) in [5.74, 6) is 0.939. The van der Waals surface area contributed by atoms with Crippen molar-refractivity contribution in [1.29, 1.82) is 0 Å². The highest BCUT2D eigenvalue weighted by Gasteiger charge is 2.12. The topological polar surface area (TPSA) is 35.5 Å². The summed E-state index contributed by atoms with van der Waals surface area (Å²) in [7, 11) is 0. The van der Waals surface area contributed by atoms with Crippen LogP contribution in [-0.2, 0) is 0 Å². The molecule has 0 aromatic heterocycles.